The van der Waals surface area contributed by atoms with E-state index in [0.29, 0.717) is 18.0 Å². The van der Waals surface area contributed by atoms with Crippen molar-refractivity contribution < 1.29 is 39.5 Å². The fourth-order valence-corrected chi connectivity index (χ4v) is 4.61. The van der Waals surface area contributed by atoms with Crippen LogP contribution in [0.3, 0.4) is 0 Å². The summed E-state index contributed by atoms with van der Waals surface area (Å²) in [7, 11) is 3.66. The molecule has 6 atom stereocenters. The minimum atomic E-state index is -2.27. The molecule has 2 heterocycles. The Balaban J connectivity index is 0.000000274. The van der Waals surface area contributed by atoms with E-state index in [1.807, 2.05) is 0 Å². The highest BCUT2D eigenvalue weighted by Crippen LogP contribution is 2.46. The number of methoxy groups -OCH3 is 1. The van der Waals surface area contributed by atoms with Gasteiger partial charge in [0.2, 0.25) is 0 Å². The minimum Gasteiger partial charge on any atom is -0.479 e. The third-order valence-electron chi connectivity index (χ3n) is 5.85. The van der Waals surface area contributed by atoms with Gasteiger partial charge in [-0.15, -0.1) is 0 Å². The van der Waals surface area contributed by atoms with E-state index in [1.165, 1.54) is 22.7 Å². The van der Waals surface area contributed by atoms with Crippen LogP contribution in [0.5, 0.6) is 0 Å². The molecule has 0 radical (unpaired) electrons. The highest BCUT2D eigenvalue weighted by atomic mass is 127. The zero-order valence-electron chi connectivity index (χ0n) is 16.6. The fourth-order valence-electron chi connectivity index (χ4n) is 4.25. The van der Waals surface area contributed by atoms with E-state index < -0.39 is 24.1 Å². The number of rotatable bonds is 5. The van der Waals surface area contributed by atoms with Crippen LogP contribution >= 0.6 is 22.6 Å². The number of benzene rings is 1. The van der Waals surface area contributed by atoms with Crippen molar-refractivity contribution in [1.29, 1.82) is 0 Å². The third kappa shape index (κ3) is 5.48. The van der Waals surface area contributed by atoms with Gasteiger partial charge in [-0.1, -0.05) is 12.1 Å². The molecule has 0 spiro atoms. The summed E-state index contributed by atoms with van der Waals surface area (Å²) in [6, 6.07) is 9.56. The highest BCUT2D eigenvalue weighted by Gasteiger charge is 2.49. The maximum atomic E-state index is 12.3. The van der Waals surface area contributed by atoms with Crippen LogP contribution in [0, 0.1) is 9.49 Å². The number of piperidine rings is 1. The predicted octanol–water partition coefficient (Wildman–Crippen LogP) is 0.908. The molecule has 9 nitrogen and oxygen atoms in total. The molecule has 3 rings (SSSR count). The summed E-state index contributed by atoms with van der Waals surface area (Å²) < 4.78 is 6.33. The van der Waals surface area contributed by atoms with Gasteiger partial charge >= 0.3 is 17.9 Å². The van der Waals surface area contributed by atoms with Crippen LogP contribution < -0.4 is 0 Å². The van der Waals surface area contributed by atoms with E-state index in [-0.39, 0.29) is 11.9 Å². The second-order valence-electron chi connectivity index (χ2n) is 7.47. The molecule has 2 bridgehead atoms. The fraction of sp³-hybridized carbons (Fsp3) is 0.550. The Morgan fingerprint density at radius 3 is 2.07 bits per heavy atom. The number of aliphatic hydroxyl groups is 2. The van der Waals surface area contributed by atoms with Gasteiger partial charge in [-0.05, 0) is 66.6 Å². The first-order valence-electron chi connectivity index (χ1n) is 9.45. The first-order chi connectivity index (χ1) is 14.1. The van der Waals surface area contributed by atoms with E-state index in [1.54, 1.807) is 0 Å². The van der Waals surface area contributed by atoms with Crippen molar-refractivity contribution in [3.63, 3.8) is 0 Å². The predicted molar refractivity (Wildman–Crippen MR) is 114 cm³/mol. The van der Waals surface area contributed by atoms with Gasteiger partial charge in [0.15, 0.2) is 12.2 Å². The number of carbonyl (C=O) groups excluding carboxylic acids is 1. The Morgan fingerprint density at radius 2 is 1.60 bits per heavy atom. The minimum absolute atomic E-state index is 0.0242. The summed E-state index contributed by atoms with van der Waals surface area (Å²) in [5, 5.41) is 32.5. The lowest BCUT2D eigenvalue weighted by atomic mass is 9.76. The van der Waals surface area contributed by atoms with Gasteiger partial charge in [-0.2, -0.15) is 0 Å². The highest BCUT2D eigenvalue weighted by molar-refractivity contribution is 14.1. The largest absolute Gasteiger partial charge is 0.479 e. The molecular formula is C20H26INO8. The molecule has 2 aliphatic heterocycles. The molecule has 10 heteroatoms. The maximum Gasteiger partial charge on any atom is 0.335 e. The van der Waals surface area contributed by atoms with Crippen LogP contribution in [0.4, 0.5) is 0 Å². The first kappa shape index (κ1) is 24.5. The standard InChI is InChI=1S/C16H20INO2.C4H6O6/c1-18-12-7-8-14(18)15(16(19)20-2)13(9-12)10-3-5-11(17)6-4-10;5-1(3(7)8)2(6)4(9)10/h3-6,12-15H,7-9H2,1-2H3;1-2,5-6H,(H,7,8)(H,9,10)/t12-,13+,14+,15-;1-,2-/m01/s1. The molecule has 166 valence electrons. The Kier molecular flexibility index (Phi) is 8.59. The molecule has 0 saturated carbocycles. The van der Waals surface area contributed by atoms with Crippen molar-refractivity contribution in [3.05, 3.63) is 33.4 Å². The molecule has 0 amide bonds. The number of carboxylic acid groups (broad SMARTS) is 2. The number of carboxylic acids is 2. The molecule has 1 aromatic rings. The summed E-state index contributed by atoms with van der Waals surface area (Å²) in [4.78, 5) is 34.2. The number of carbonyl (C=O) groups is 3. The number of nitrogens with zero attached hydrogens (tertiary/aromatic N) is 1. The van der Waals surface area contributed by atoms with E-state index in [2.05, 4.69) is 58.8 Å². The Bertz CT molecular complexity index is 753. The van der Waals surface area contributed by atoms with Crippen LogP contribution in [-0.4, -0.2) is 81.7 Å². The summed E-state index contributed by atoms with van der Waals surface area (Å²) >= 11 is 2.32. The second kappa shape index (κ2) is 10.5. The monoisotopic (exact) mass is 535 g/mol. The number of hydrogen-bond acceptors (Lipinski definition) is 7. The molecule has 0 unspecified atom stereocenters. The van der Waals surface area contributed by atoms with Crippen LogP contribution in [0.25, 0.3) is 0 Å². The van der Waals surface area contributed by atoms with Crippen molar-refractivity contribution in [2.24, 2.45) is 5.92 Å². The second-order valence-corrected chi connectivity index (χ2v) is 8.72. The van der Waals surface area contributed by atoms with Crippen LogP contribution in [0.2, 0.25) is 0 Å². The number of hydrogen-bond donors (Lipinski definition) is 4. The van der Waals surface area contributed by atoms with Crippen molar-refractivity contribution in [1.82, 2.24) is 4.90 Å². The summed E-state index contributed by atoms with van der Waals surface area (Å²) in [6.45, 7) is 0. The topological polar surface area (TPSA) is 145 Å². The van der Waals surface area contributed by atoms with Crippen molar-refractivity contribution >= 4 is 40.5 Å². The van der Waals surface area contributed by atoms with Crippen LogP contribution in [-0.2, 0) is 19.1 Å². The normalized spacial score (nSPS) is 27.4. The average molecular weight is 535 g/mol. The van der Waals surface area contributed by atoms with E-state index in [4.69, 9.17) is 25.2 Å². The van der Waals surface area contributed by atoms with Gasteiger partial charge in [-0.3, -0.25) is 9.69 Å². The van der Waals surface area contributed by atoms with Crippen molar-refractivity contribution in [2.45, 2.75) is 49.5 Å². The molecule has 2 aliphatic rings. The molecule has 1 aromatic carbocycles. The smallest absolute Gasteiger partial charge is 0.335 e. The summed E-state index contributed by atoms with van der Waals surface area (Å²) in [5.41, 5.74) is 1.28. The third-order valence-corrected chi connectivity index (χ3v) is 6.56. The molecular weight excluding hydrogens is 509 g/mol. The summed E-state index contributed by atoms with van der Waals surface area (Å²) in [6.07, 6.45) is -1.15. The maximum absolute atomic E-state index is 12.3. The number of halogens is 1. The number of aliphatic carboxylic acids is 2. The van der Waals surface area contributed by atoms with Gasteiger partial charge in [0.05, 0.1) is 13.0 Å². The van der Waals surface area contributed by atoms with Crippen LogP contribution in [0.15, 0.2) is 24.3 Å². The lowest BCUT2D eigenvalue weighted by Gasteiger charge is -2.41. The summed E-state index contributed by atoms with van der Waals surface area (Å²) in [5.74, 6) is -3.31. The van der Waals surface area contributed by atoms with Gasteiger partial charge in [-0.25, -0.2) is 9.59 Å². The number of aliphatic hydroxyl groups excluding tert-OH is 2. The number of fused-ring (bicyclic) bond motifs is 2. The van der Waals surface area contributed by atoms with E-state index in [0.717, 1.165) is 12.8 Å². The first-order valence-corrected chi connectivity index (χ1v) is 10.5. The average Bonchev–Trinajstić information content (AvgIpc) is 2.95. The molecule has 0 aliphatic carbocycles. The Morgan fingerprint density at radius 1 is 1.07 bits per heavy atom. The molecule has 0 aromatic heterocycles. The van der Waals surface area contributed by atoms with Gasteiger partial charge < -0.3 is 25.2 Å². The van der Waals surface area contributed by atoms with Gasteiger partial charge in [0.25, 0.3) is 0 Å². The van der Waals surface area contributed by atoms with Crippen LogP contribution in [0.1, 0.15) is 30.7 Å². The Hall–Kier alpha value is -1.76. The number of ether oxygens (including phenoxy) is 1. The molecule has 2 fully saturated rings. The Labute approximate surface area is 187 Å². The van der Waals surface area contributed by atoms with E-state index >= 15 is 0 Å². The SMILES string of the molecule is COC(=O)[C@H]1[C@@H](c2ccc(I)cc2)C[C@@H]2CC[C@H]1N2C.O=C(O)[C@H](O)[C@@H](O)C(=O)O. The quantitative estimate of drug-likeness (QED) is 0.320. The lowest BCUT2D eigenvalue weighted by molar-refractivity contribution is -0.165. The van der Waals surface area contributed by atoms with Crippen molar-refractivity contribution in [2.75, 3.05) is 14.2 Å². The zero-order chi connectivity index (χ0) is 22.6. The van der Waals surface area contributed by atoms with E-state index in [9.17, 15) is 14.4 Å². The van der Waals surface area contributed by atoms with Crippen molar-refractivity contribution in [3.8, 4) is 0 Å². The molecule has 30 heavy (non-hydrogen) atoms. The lowest BCUT2D eigenvalue weighted by Crippen LogP contribution is -2.49. The molecule has 4 N–H and O–H groups in total. The van der Waals surface area contributed by atoms with Gasteiger partial charge in [0, 0.05) is 21.6 Å². The number of esters is 1. The molecule has 2 saturated heterocycles. The zero-order valence-corrected chi connectivity index (χ0v) is 18.8. The van der Waals surface area contributed by atoms with Gasteiger partial charge in [0.1, 0.15) is 0 Å².